The van der Waals surface area contributed by atoms with Gasteiger partial charge in [-0.05, 0) is 24.3 Å². The minimum Gasteiger partial charge on any atom is -0.378 e. The largest absolute Gasteiger partial charge is 0.378 e. The van der Waals surface area contributed by atoms with Crippen LogP contribution in [0, 0.1) is 11.3 Å². The van der Waals surface area contributed by atoms with Crippen molar-refractivity contribution < 1.29 is 4.74 Å². The Morgan fingerprint density at radius 2 is 1.83 bits per heavy atom. The minimum atomic E-state index is 0.353. The highest BCUT2D eigenvalue weighted by Crippen LogP contribution is 2.21. The van der Waals surface area contributed by atoms with Gasteiger partial charge in [-0.1, -0.05) is 6.58 Å². The summed E-state index contributed by atoms with van der Waals surface area (Å²) in [6, 6.07) is 10.1. The fraction of sp³-hybridized carbons (Fsp3) is 0.235. The highest BCUT2D eigenvalue weighted by molar-refractivity contribution is 5.74. The molecule has 3 rings (SSSR count). The van der Waals surface area contributed by atoms with Gasteiger partial charge in [0.1, 0.15) is 0 Å². The van der Waals surface area contributed by atoms with Crippen molar-refractivity contribution in [2.75, 3.05) is 36.5 Å². The quantitative estimate of drug-likeness (QED) is 0.875. The summed E-state index contributed by atoms with van der Waals surface area (Å²) in [6.45, 7) is 7.01. The molecule has 2 aromatic rings. The number of ether oxygens (including phenoxy) is 1. The van der Waals surface area contributed by atoms with Crippen molar-refractivity contribution in [1.29, 1.82) is 5.26 Å². The van der Waals surface area contributed by atoms with Crippen LogP contribution in [0.4, 0.5) is 17.3 Å². The van der Waals surface area contributed by atoms with Crippen molar-refractivity contribution in [3.63, 3.8) is 0 Å². The van der Waals surface area contributed by atoms with E-state index in [4.69, 9.17) is 10.00 Å². The predicted molar refractivity (Wildman–Crippen MR) is 89.4 cm³/mol. The summed E-state index contributed by atoms with van der Waals surface area (Å²) in [5.41, 5.74) is 3.07. The fourth-order valence-corrected chi connectivity index (χ4v) is 2.32. The maximum absolute atomic E-state index is 8.79. The highest BCUT2D eigenvalue weighted by atomic mass is 16.5. The van der Waals surface area contributed by atoms with Crippen molar-refractivity contribution in [1.82, 2.24) is 9.97 Å². The Kier molecular flexibility index (Phi) is 4.50. The summed E-state index contributed by atoms with van der Waals surface area (Å²) < 4.78 is 5.36. The van der Waals surface area contributed by atoms with Gasteiger partial charge in [0.2, 0.25) is 5.95 Å². The van der Waals surface area contributed by atoms with Crippen molar-refractivity contribution in [2.24, 2.45) is 0 Å². The van der Waals surface area contributed by atoms with E-state index >= 15 is 0 Å². The van der Waals surface area contributed by atoms with Crippen LogP contribution >= 0.6 is 0 Å². The van der Waals surface area contributed by atoms with Crippen LogP contribution < -0.4 is 10.2 Å². The third-order valence-electron chi connectivity index (χ3n) is 3.63. The smallest absolute Gasteiger partial charge is 0.227 e. The number of anilines is 3. The first kappa shape index (κ1) is 15.0. The zero-order valence-corrected chi connectivity index (χ0v) is 12.7. The molecule has 0 amide bonds. The average Bonchev–Trinajstić information content (AvgIpc) is 2.63. The molecule has 1 fully saturated rings. The number of rotatable bonds is 4. The van der Waals surface area contributed by atoms with Gasteiger partial charge in [0, 0.05) is 42.4 Å². The van der Waals surface area contributed by atoms with Gasteiger partial charge in [0.25, 0.3) is 0 Å². The first-order chi connectivity index (χ1) is 11.3. The van der Waals surface area contributed by atoms with E-state index in [1.165, 1.54) is 5.69 Å². The fourth-order valence-electron chi connectivity index (χ4n) is 2.32. The minimum absolute atomic E-state index is 0.353. The first-order valence-corrected chi connectivity index (χ1v) is 7.37. The molecule has 2 heterocycles. The number of nitriles is 1. The molecule has 0 saturated carbocycles. The second-order valence-electron chi connectivity index (χ2n) is 5.16. The Labute approximate surface area is 135 Å². The van der Waals surface area contributed by atoms with Crippen LogP contribution in [0.25, 0.3) is 5.57 Å². The molecule has 0 unspecified atom stereocenters. The van der Waals surface area contributed by atoms with Crippen LogP contribution in [0.5, 0.6) is 0 Å². The molecule has 1 aliphatic rings. The Hall–Kier alpha value is -2.91. The Bertz CT molecular complexity index is 712. The van der Waals surface area contributed by atoms with Crippen LogP contribution in [-0.2, 0) is 4.74 Å². The van der Waals surface area contributed by atoms with E-state index in [1.54, 1.807) is 12.4 Å². The molecule has 1 N–H and O–H groups in total. The zero-order chi connectivity index (χ0) is 16.1. The first-order valence-electron chi connectivity index (χ1n) is 7.37. The SMILES string of the molecule is C=C(C#N)c1cnc(Nc2ccc(N3CCOCC3)cc2)nc1. The Morgan fingerprint density at radius 1 is 1.17 bits per heavy atom. The van der Waals surface area contributed by atoms with E-state index in [2.05, 4.69) is 38.9 Å². The van der Waals surface area contributed by atoms with E-state index in [0.29, 0.717) is 17.1 Å². The van der Waals surface area contributed by atoms with Crippen molar-refractivity contribution in [3.05, 3.63) is 48.8 Å². The predicted octanol–water partition coefficient (Wildman–Crippen LogP) is 2.59. The standard InChI is InChI=1S/C17H17N5O/c1-13(10-18)14-11-19-17(20-12-14)21-15-2-4-16(5-3-15)22-6-8-23-9-7-22/h2-5,11-12H,1,6-9H2,(H,19,20,21). The van der Waals surface area contributed by atoms with Crippen molar-refractivity contribution >= 4 is 22.9 Å². The second-order valence-corrected chi connectivity index (χ2v) is 5.16. The van der Waals surface area contributed by atoms with Crippen LogP contribution in [0.2, 0.25) is 0 Å². The van der Waals surface area contributed by atoms with Gasteiger partial charge in [-0.15, -0.1) is 0 Å². The van der Waals surface area contributed by atoms with Gasteiger partial charge < -0.3 is 15.0 Å². The van der Waals surface area contributed by atoms with Crippen LogP contribution in [0.15, 0.2) is 43.2 Å². The molecule has 1 aromatic heterocycles. The normalized spacial score (nSPS) is 14.1. The monoisotopic (exact) mass is 307 g/mol. The van der Waals surface area contributed by atoms with Gasteiger partial charge in [-0.25, -0.2) is 9.97 Å². The maximum atomic E-state index is 8.79. The lowest BCUT2D eigenvalue weighted by molar-refractivity contribution is 0.122. The number of morpholine rings is 1. The summed E-state index contributed by atoms with van der Waals surface area (Å²) in [7, 11) is 0. The average molecular weight is 307 g/mol. The summed E-state index contributed by atoms with van der Waals surface area (Å²) >= 11 is 0. The molecule has 1 aliphatic heterocycles. The molecule has 0 radical (unpaired) electrons. The molecule has 1 aromatic carbocycles. The molecule has 23 heavy (non-hydrogen) atoms. The van der Waals surface area contributed by atoms with Crippen LogP contribution in [0.3, 0.4) is 0 Å². The number of allylic oxidation sites excluding steroid dienone is 1. The van der Waals surface area contributed by atoms with E-state index in [1.807, 2.05) is 18.2 Å². The highest BCUT2D eigenvalue weighted by Gasteiger charge is 2.10. The zero-order valence-electron chi connectivity index (χ0n) is 12.7. The molecule has 116 valence electrons. The molecule has 1 saturated heterocycles. The summed E-state index contributed by atoms with van der Waals surface area (Å²) in [5.74, 6) is 0.485. The lowest BCUT2D eigenvalue weighted by Crippen LogP contribution is -2.36. The number of hydrogen-bond donors (Lipinski definition) is 1. The van der Waals surface area contributed by atoms with Gasteiger partial charge in [-0.3, -0.25) is 0 Å². The van der Waals surface area contributed by atoms with E-state index in [0.717, 1.165) is 32.0 Å². The van der Waals surface area contributed by atoms with Crippen LogP contribution in [-0.4, -0.2) is 36.3 Å². The maximum Gasteiger partial charge on any atom is 0.227 e. The van der Waals surface area contributed by atoms with E-state index in [-0.39, 0.29) is 0 Å². The molecule has 6 heteroatoms. The van der Waals surface area contributed by atoms with Gasteiger partial charge >= 0.3 is 0 Å². The third-order valence-corrected chi connectivity index (χ3v) is 3.63. The lowest BCUT2D eigenvalue weighted by atomic mass is 10.2. The molecular weight excluding hydrogens is 290 g/mol. The molecule has 0 atom stereocenters. The Morgan fingerprint density at radius 3 is 2.43 bits per heavy atom. The number of nitrogens with one attached hydrogen (secondary N) is 1. The van der Waals surface area contributed by atoms with Gasteiger partial charge in [-0.2, -0.15) is 5.26 Å². The number of benzene rings is 1. The van der Waals surface area contributed by atoms with Crippen LogP contribution in [0.1, 0.15) is 5.56 Å². The number of hydrogen-bond acceptors (Lipinski definition) is 6. The lowest BCUT2D eigenvalue weighted by Gasteiger charge is -2.28. The van der Waals surface area contributed by atoms with Crippen molar-refractivity contribution in [3.8, 4) is 6.07 Å². The van der Waals surface area contributed by atoms with E-state index in [9.17, 15) is 0 Å². The Balaban J connectivity index is 1.66. The molecule has 0 bridgehead atoms. The number of nitrogens with zero attached hydrogens (tertiary/aromatic N) is 4. The summed E-state index contributed by atoms with van der Waals surface area (Å²) in [4.78, 5) is 10.7. The summed E-state index contributed by atoms with van der Waals surface area (Å²) in [6.07, 6.45) is 3.17. The van der Waals surface area contributed by atoms with Gasteiger partial charge in [0.05, 0.1) is 24.9 Å². The molecular formula is C17H17N5O. The number of aromatic nitrogens is 2. The van der Waals surface area contributed by atoms with Gasteiger partial charge in [0.15, 0.2) is 0 Å². The molecule has 6 nitrogen and oxygen atoms in total. The molecule has 0 spiro atoms. The summed E-state index contributed by atoms with van der Waals surface area (Å²) in [5, 5.41) is 11.9. The molecule has 0 aliphatic carbocycles. The third kappa shape index (κ3) is 3.65. The second kappa shape index (κ2) is 6.90. The van der Waals surface area contributed by atoms with Crippen molar-refractivity contribution in [2.45, 2.75) is 0 Å². The van der Waals surface area contributed by atoms with E-state index < -0.39 is 0 Å². The topological polar surface area (TPSA) is 74.1 Å².